The van der Waals surface area contributed by atoms with Crippen LogP contribution in [0, 0.1) is 0 Å². The van der Waals surface area contributed by atoms with Gasteiger partial charge in [-0.2, -0.15) is 0 Å². The molecule has 0 aliphatic carbocycles. The van der Waals surface area contributed by atoms with Crippen LogP contribution < -0.4 is 0 Å². The van der Waals surface area contributed by atoms with E-state index in [-0.39, 0.29) is 0 Å². The first-order chi connectivity index (χ1) is 2.56. The third-order valence-electron chi connectivity index (χ3n) is 0.775. The molecule has 0 nitrogen and oxygen atoms in total. The second-order valence-corrected chi connectivity index (χ2v) is 7.12. The van der Waals surface area contributed by atoms with Crippen LogP contribution >= 0.6 is 6.75 Å². The van der Waals surface area contributed by atoms with Crippen molar-refractivity contribution < 1.29 is 0 Å². The van der Waals surface area contributed by atoms with Crippen molar-refractivity contribution in [2.24, 2.45) is 0 Å². The minimum absolute atomic E-state index is 0.522. The second-order valence-electron chi connectivity index (χ2n) is 2.37. The van der Waals surface area contributed by atoms with Crippen LogP contribution in [0.3, 0.4) is 0 Å². The molecule has 0 bridgehead atoms. The fourth-order valence-corrected chi connectivity index (χ4v) is 0. The summed E-state index contributed by atoms with van der Waals surface area (Å²) in [5.41, 5.74) is 0. The Balaban J connectivity index is 3.79. The summed E-state index contributed by atoms with van der Waals surface area (Å²) >= 11 is 0. The van der Waals surface area contributed by atoms with Gasteiger partial charge in [-0.1, -0.05) is 0 Å². The SMILES string of the molecule is CB=P(C)(C)C. The number of hydrogen-bond acceptors (Lipinski definition) is 0. The van der Waals surface area contributed by atoms with Gasteiger partial charge in [0.2, 0.25) is 0 Å². The first kappa shape index (κ1) is 6.49. The fraction of sp³-hybridized carbons (Fsp3) is 1.00. The van der Waals surface area contributed by atoms with Gasteiger partial charge in [0, 0.05) is 0 Å². The van der Waals surface area contributed by atoms with E-state index in [0.29, 0.717) is 0 Å². The minimum atomic E-state index is -0.522. The molecule has 0 atom stereocenters. The zero-order valence-electron chi connectivity index (χ0n) is 5.02. The zero-order chi connectivity index (χ0) is 5.21. The van der Waals surface area contributed by atoms with Crippen molar-refractivity contribution in [2.45, 2.75) is 6.82 Å². The van der Waals surface area contributed by atoms with Gasteiger partial charge in [-0.05, 0) is 0 Å². The van der Waals surface area contributed by atoms with Crippen molar-refractivity contribution in [1.29, 1.82) is 0 Å². The first-order valence-electron chi connectivity index (χ1n) is 2.18. The van der Waals surface area contributed by atoms with Gasteiger partial charge in [-0.25, -0.2) is 0 Å². The van der Waals surface area contributed by atoms with Gasteiger partial charge < -0.3 is 0 Å². The molecule has 6 heavy (non-hydrogen) atoms. The summed E-state index contributed by atoms with van der Waals surface area (Å²) in [6.45, 7) is 10.8. The van der Waals surface area contributed by atoms with Gasteiger partial charge in [0.15, 0.2) is 0 Å². The molecule has 0 spiro atoms. The van der Waals surface area contributed by atoms with Crippen LogP contribution in [0.2, 0.25) is 6.82 Å². The summed E-state index contributed by atoms with van der Waals surface area (Å²) in [6.07, 6.45) is 0. The van der Waals surface area contributed by atoms with Crippen molar-refractivity contribution in [3.8, 4) is 0 Å². The third-order valence-corrected chi connectivity index (χ3v) is 2.32. The molecule has 0 aromatic carbocycles. The van der Waals surface area contributed by atoms with Crippen LogP contribution in [-0.4, -0.2) is 26.6 Å². The van der Waals surface area contributed by atoms with Crippen molar-refractivity contribution in [1.82, 2.24) is 0 Å². The molecular formula is C4H12BP. The topological polar surface area (TPSA) is 0 Å². The summed E-state index contributed by atoms with van der Waals surface area (Å²) in [6, 6.07) is 0. The van der Waals surface area contributed by atoms with Crippen LogP contribution in [0.25, 0.3) is 0 Å². The average Bonchev–Trinajstić information content (AvgIpc) is 1.35. The summed E-state index contributed by atoms with van der Waals surface area (Å²) in [7, 11) is 0. The maximum absolute atomic E-state index is 2.30. The van der Waals surface area contributed by atoms with Crippen molar-refractivity contribution >= 4 is 13.4 Å². The molecule has 0 heterocycles. The van der Waals surface area contributed by atoms with Crippen LogP contribution in [0.4, 0.5) is 0 Å². The van der Waals surface area contributed by atoms with Crippen LogP contribution in [0.15, 0.2) is 0 Å². The Bertz CT molecular complexity index is 71.3. The first-order valence-corrected chi connectivity index (χ1v) is 5.38. The quantitative estimate of drug-likeness (QED) is 0.321. The van der Waals surface area contributed by atoms with E-state index in [4.69, 9.17) is 0 Å². The number of hydrogen-bond donors (Lipinski definition) is 0. The molecule has 0 saturated heterocycles. The predicted octanol–water partition coefficient (Wildman–Crippen LogP) is 1.56. The summed E-state index contributed by atoms with van der Waals surface area (Å²) in [5.74, 6) is 0. The molecule has 0 amide bonds. The molecule has 0 aliphatic rings. The zero-order valence-corrected chi connectivity index (χ0v) is 5.92. The third kappa shape index (κ3) is 4.49. The van der Waals surface area contributed by atoms with E-state index in [1.165, 1.54) is 0 Å². The van der Waals surface area contributed by atoms with Crippen molar-refractivity contribution in [3.05, 3.63) is 0 Å². The standard InChI is InChI=1S/C4H12BP/c1-5-6(2,3)4/h1-4H3. The van der Waals surface area contributed by atoms with Crippen molar-refractivity contribution in [2.75, 3.05) is 20.0 Å². The molecule has 0 rings (SSSR count). The molecule has 0 aromatic heterocycles. The van der Waals surface area contributed by atoms with E-state index in [1.54, 1.807) is 0 Å². The Hall–Kier alpha value is 0.495. The Labute approximate surface area is 41.1 Å². The van der Waals surface area contributed by atoms with E-state index in [1.807, 2.05) is 0 Å². The predicted molar refractivity (Wildman–Crippen MR) is 36.3 cm³/mol. The molecule has 0 radical (unpaired) electrons. The fourth-order valence-electron chi connectivity index (χ4n) is 0. The molecule has 0 aliphatic heterocycles. The van der Waals surface area contributed by atoms with Gasteiger partial charge in [0.25, 0.3) is 0 Å². The summed E-state index contributed by atoms with van der Waals surface area (Å²) in [5, 5.41) is 0. The van der Waals surface area contributed by atoms with Gasteiger partial charge in [-0.15, -0.1) is 0 Å². The average molecular weight is 102 g/mol. The van der Waals surface area contributed by atoms with E-state index >= 15 is 0 Å². The van der Waals surface area contributed by atoms with Gasteiger partial charge >= 0.3 is 40.2 Å². The van der Waals surface area contributed by atoms with Crippen LogP contribution in [0.5, 0.6) is 0 Å². The van der Waals surface area contributed by atoms with Gasteiger partial charge in [0.05, 0.1) is 0 Å². The van der Waals surface area contributed by atoms with Gasteiger partial charge in [-0.3, -0.25) is 0 Å². The van der Waals surface area contributed by atoms with Crippen LogP contribution in [-0.2, 0) is 0 Å². The molecule has 36 valence electrons. The van der Waals surface area contributed by atoms with Crippen LogP contribution in [0.1, 0.15) is 0 Å². The van der Waals surface area contributed by atoms with E-state index in [0.717, 1.165) is 0 Å². The molecule has 0 fully saturated rings. The van der Waals surface area contributed by atoms with Gasteiger partial charge in [0.1, 0.15) is 0 Å². The Morgan fingerprint density at radius 1 is 1.17 bits per heavy atom. The number of rotatable bonds is 0. The molecule has 0 saturated carbocycles. The second kappa shape index (κ2) is 1.98. The summed E-state index contributed by atoms with van der Waals surface area (Å²) in [4.78, 5) is 0. The monoisotopic (exact) mass is 102 g/mol. The molecular weight excluding hydrogens is 89.8 g/mol. The molecule has 0 aromatic rings. The maximum atomic E-state index is 2.30. The Kier molecular flexibility index (Phi) is 2.14. The normalized spacial score (nSPS) is 10.7. The summed E-state index contributed by atoms with van der Waals surface area (Å²) < 4.78 is 0. The van der Waals surface area contributed by atoms with E-state index in [9.17, 15) is 0 Å². The Morgan fingerprint density at radius 3 is 1.33 bits per heavy atom. The van der Waals surface area contributed by atoms with Crippen molar-refractivity contribution in [3.63, 3.8) is 0 Å². The Morgan fingerprint density at radius 2 is 1.33 bits per heavy atom. The van der Waals surface area contributed by atoms with E-state index in [2.05, 4.69) is 33.4 Å². The van der Waals surface area contributed by atoms with E-state index < -0.39 is 6.75 Å². The molecule has 0 unspecified atom stereocenters. The molecule has 0 N–H and O–H groups in total. The molecule has 2 heteroatoms.